The summed E-state index contributed by atoms with van der Waals surface area (Å²) < 4.78 is 1.70. The molecule has 0 saturated carbocycles. The van der Waals surface area contributed by atoms with Gasteiger partial charge in [-0.05, 0) is 24.6 Å². The average Bonchev–Trinajstić information content (AvgIpc) is 2.86. The first-order valence-electron chi connectivity index (χ1n) is 5.97. The summed E-state index contributed by atoms with van der Waals surface area (Å²) in [6.07, 6.45) is 0.921. The van der Waals surface area contributed by atoms with Crippen molar-refractivity contribution in [3.8, 4) is 0 Å². The topological polar surface area (TPSA) is 54.2 Å². The number of benzene rings is 1. The fourth-order valence-corrected chi connectivity index (χ4v) is 1.85. The molecule has 0 fully saturated rings. The Morgan fingerprint density at radius 3 is 2.50 bits per heavy atom. The van der Waals surface area contributed by atoms with Crippen LogP contribution in [0, 0.1) is 0 Å². The SMILES string of the molecule is CCn1nncc1C(O)c1ccc(N(C)C)cc1. The monoisotopic (exact) mass is 246 g/mol. The predicted molar refractivity (Wildman–Crippen MR) is 70.5 cm³/mol. The van der Waals surface area contributed by atoms with Gasteiger partial charge in [0.15, 0.2) is 0 Å². The Kier molecular flexibility index (Phi) is 3.62. The number of aromatic nitrogens is 3. The first-order valence-corrected chi connectivity index (χ1v) is 5.97. The van der Waals surface area contributed by atoms with E-state index in [0.717, 1.165) is 16.9 Å². The molecule has 0 saturated heterocycles. The van der Waals surface area contributed by atoms with Gasteiger partial charge in [-0.15, -0.1) is 5.10 Å². The van der Waals surface area contributed by atoms with Crippen LogP contribution in [0.25, 0.3) is 0 Å². The molecule has 0 bridgehead atoms. The zero-order valence-corrected chi connectivity index (χ0v) is 10.9. The molecule has 2 aromatic rings. The lowest BCUT2D eigenvalue weighted by Crippen LogP contribution is -2.10. The van der Waals surface area contributed by atoms with E-state index >= 15 is 0 Å². The average molecular weight is 246 g/mol. The highest BCUT2D eigenvalue weighted by molar-refractivity contribution is 5.46. The van der Waals surface area contributed by atoms with Crippen LogP contribution in [0.5, 0.6) is 0 Å². The van der Waals surface area contributed by atoms with Gasteiger partial charge in [0.2, 0.25) is 0 Å². The second kappa shape index (κ2) is 5.18. The van der Waals surface area contributed by atoms with E-state index in [1.807, 2.05) is 50.2 Å². The summed E-state index contributed by atoms with van der Waals surface area (Å²) in [5.41, 5.74) is 2.67. The minimum absolute atomic E-state index is 0.684. The Hall–Kier alpha value is -1.88. The Labute approximate surface area is 107 Å². The van der Waals surface area contributed by atoms with Crippen molar-refractivity contribution < 1.29 is 5.11 Å². The fraction of sp³-hybridized carbons (Fsp3) is 0.385. The van der Waals surface area contributed by atoms with Gasteiger partial charge in [-0.3, -0.25) is 0 Å². The van der Waals surface area contributed by atoms with Crippen molar-refractivity contribution in [2.75, 3.05) is 19.0 Å². The molecule has 0 radical (unpaired) electrons. The van der Waals surface area contributed by atoms with Gasteiger partial charge >= 0.3 is 0 Å². The number of aliphatic hydroxyl groups excluding tert-OH is 1. The maximum Gasteiger partial charge on any atom is 0.122 e. The van der Waals surface area contributed by atoms with Crippen molar-refractivity contribution in [2.45, 2.75) is 19.6 Å². The van der Waals surface area contributed by atoms with Crippen molar-refractivity contribution >= 4 is 5.69 Å². The highest BCUT2D eigenvalue weighted by Crippen LogP contribution is 2.23. The molecule has 0 amide bonds. The first-order chi connectivity index (χ1) is 8.63. The van der Waals surface area contributed by atoms with Crippen LogP contribution < -0.4 is 4.90 Å². The molecule has 0 spiro atoms. The van der Waals surface area contributed by atoms with E-state index in [1.165, 1.54) is 0 Å². The lowest BCUT2D eigenvalue weighted by Gasteiger charge is -2.15. The van der Waals surface area contributed by atoms with E-state index in [4.69, 9.17) is 0 Å². The van der Waals surface area contributed by atoms with Crippen molar-refractivity contribution in [3.63, 3.8) is 0 Å². The Morgan fingerprint density at radius 1 is 1.28 bits per heavy atom. The van der Waals surface area contributed by atoms with Crippen LogP contribution in [0.1, 0.15) is 24.3 Å². The van der Waals surface area contributed by atoms with Crippen LogP contribution >= 0.6 is 0 Å². The highest BCUT2D eigenvalue weighted by Gasteiger charge is 2.15. The van der Waals surface area contributed by atoms with Gasteiger partial charge in [0.05, 0.1) is 11.9 Å². The molecule has 96 valence electrons. The van der Waals surface area contributed by atoms with Gasteiger partial charge in [-0.25, -0.2) is 4.68 Å². The largest absolute Gasteiger partial charge is 0.382 e. The number of hydrogen-bond acceptors (Lipinski definition) is 4. The third-order valence-electron chi connectivity index (χ3n) is 2.95. The van der Waals surface area contributed by atoms with Crippen LogP contribution in [-0.4, -0.2) is 34.2 Å². The number of nitrogens with zero attached hydrogens (tertiary/aromatic N) is 4. The molecule has 18 heavy (non-hydrogen) atoms. The summed E-state index contributed by atoms with van der Waals surface area (Å²) in [5, 5.41) is 18.1. The zero-order chi connectivity index (χ0) is 13.1. The quantitative estimate of drug-likeness (QED) is 0.887. The summed E-state index contributed by atoms with van der Waals surface area (Å²) in [7, 11) is 3.98. The minimum atomic E-state index is -0.684. The Bertz CT molecular complexity index is 504. The molecule has 1 aromatic heterocycles. The Morgan fingerprint density at radius 2 is 1.94 bits per heavy atom. The molecule has 1 N–H and O–H groups in total. The van der Waals surface area contributed by atoms with Gasteiger partial charge in [0.1, 0.15) is 6.10 Å². The summed E-state index contributed by atoms with van der Waals surface area (Å²) in [6, 6.07) is 7.82. The third kappa shape index (κ3) is 2.36. The van der Waals surface area contributed by atoms with Gasteiger partial charge in [0.25, 0.3) is 0 Å². The van der Waals surface area contributed by atoms with E-state index in [1.54, 1.807) is 10.9 Å². The maximum atomic E-state index is 10.3. The minimum Gasteiger partial charge on any atom is -0.382 e. The number of hydrogen-bond donors (Lipinski definition) is 1. The molecule has 2 rings (SSSR count). The van der Waals surface area contributed by atoms with Crippen molar-refractivity contribution in [1.29, 1.82) is 0 Å². The number of rotatable bonds is 4. The van der Waals surface area contributed by atoms with Gasteiger partial charge in [-0.2, -0.15) is 0 Å². The summed E-state index contributed by atoms with van der Waals surface area (Å²) in [6.45, 7) is 2.67. The lowest BCUT2D eigenvalue weighted by atomic mass is 10.1. The number of anilines is 1. The molecular weight excluding hydrogens is 228 g/mol. The molecule has 0 aliphatic heterocycles. The van der Waals surface area contributed by atoms with Crippen LogP contribution in [0.3, 0.4) is 0 Å². The first kappa shape index (κ1) is 12.6. The molecule has 1 aromatic carbocycles. The van der Waals surface area contributed by atoms with E-state index < -0.39 is 6.10 Å². The van der Waals surface area contributed by atoms with Crippen LogP contribution in [0.15, 0.2) is 30.5 Å². The summed E-state index contributed by atoms with van der Waals surface area (Å²) in [5.74, 6) is 0. The van der Waals surface area contributed by atoms with E-state index in [-0.39, 0.29) is 0 Å². The second-order valence-corrected chi connectivity index (χ2v) is 4.36. The molecule has 0 aliphatic rings. The van der Waals surface area contributed by atoms with Crippen LogP contribution in [0.4, 0.5) is 5.69 Å². The van der Waals surface area contributed by atoms with E-state index in [9.17, 15) is 5.11 Å². The van der Waals surface area contributed by atoms with Crippen molar-refractivity contribution in [1.82, 2.24) is 15.0 Å². The molecule has 5 heteroatoms. The van der Waals surface area contributed by atoms with Crippen LogP contribution in [-0.2, 0) is 6.54 Å². The summed E-state index contributed by atoms with van der Waals surface area (Å²) >= 11 is 0. The molecule has 1 atom stereocenters. The highest BCUT2D eigenvalue weighted by atomic mass is 16.3. The molecule has 1 heterocycles. The smallest absolute Gasteiger partial charge is 0.122 e. The maximum absolute atomic E-state index is 10.3. The Balaban J connectivity index is 2.26. The standard InChI is InChI=1S/C13H18N4O/c1-4-17-12(9-14-15-17)13(18)10-5-7-11(8-6-10)16(2)3/h5-9,13,18H,4H2,1-3H3. The van der Waals surface area contributed by atoms with E-state index in [2.05, 4.69) is 10.3 Å². The molecule has 1 unspecified atom stereocenters. The zero-order valence-electron chi connectivity index (χ0n) is 10.9. The fourth-order valence-electron chi connectivity index (χ4n) is 1.85. The number of aryl methyl sites for hydroxylation is 1. The van der Waals surface area contributed by atoms with Crippen molar-refractivity contribution in [2.24, 2.45) is 0 Å². The third-order valence-corrected chi connectivity index (χ3v) is 2.95. The summed E-state index contributed by atoms with van der Waals surface area (Å²) in [4.78, 5) is 2.02. The predicted octanol–water partition coefficient (Wildman–Crippen LogP) is 1.45. The second-order valence-electron chi connectivity index (χ2n) is 4.36. The van der Waals surface area contributed by atoms with E-state index in [0.29, 0.717) is 6.54 Å². The van der Waals surface area contributed by atoms with Crippen LogP contribution in [0.2, 0.25) is 0 Å². The molecular formula is C13H18N4O. The molecule has 0 aliphatic carbocycles. The normalized spacial score (nSPS) is 12.4. The molecule has 5 nitrogen and oxygen atoms in total. The number of aliphatic hydroxyl groups is 1. The van der Waals surface area contributed by atoms with Crippen molar-refractivity contribution in [3.05, 3.63) is 41.7 Å². The lowest BCUT2D eigenvalue weighted by molar-refractivity contribution is 0.208. The van der Waals surface area contributed by atoms with Gasteiger partial charge < -0.3 is 10.0 Å². The van der Waals surface area contributed by atoms with Gasteiger partial charge in [0, 0.05) is 26.3 Å². The van der Waals surface area contributed by atoms with Gasteiger partial charge in [-0.1, -0.05) is 17.3 Å².